The molecule has 190 valence electrons. The Labute approximate surface area is 220 Å². The van der Waals surface area contributed by atoms with E-state index in [9.17, 15) is 13.2 Å². The van der Waals surface area contributed by atoms with E-state index in [4.69, 9.17) is 4.98 Å². The Kier molecular flexibility index (Phi) is 6.61. The number of hydrogen-bond donors (Lipinski definition) is 2. The van der Waals surface area contributed by atoms with Gasteiger partial charge in [0, 0.05) is 28.4 Å². The van der Waals surface area contributed by atoms with Gasteiger partial charge in [0.15, 0.2) is 0 Å². The first-order valence-corrected chi connectivity index (χ1v) is 13.4. The van der Waals surface area contributed by atoms with Crippen molar-refractivity contribution in [1.29, 1.82) is 0 Å². The van der Waals surface area contributed by atoms with Crippen molar-refractivity contribution in [3.05, 3.63) is 108 Å². The number of benzene rings is 3. The van der Waals surface area contributed by atoms with Gasteiger partial charge >= 0.3 is 0 Å². The van der Waals surface area contributed by atoms with Crippen LogP contribution in [0.2, 0.25) is 0 Å². The molecular weight excluding hydrogens is 498 g/mol. The predicted molar refractivity (Wildman–Crippen MR) is 149 cm³/mol. The SMILES string of the molecule is Cc1ccc(-c2cc(C(=O)Nc3ccc(S(=O)(=O)Nc4cc(C)nc(C)n4)cc3)c3ccccc3n2)cc1. The van der Waals surface area contributed by atoms with Gasteiger partial charge in [-0.05, 0) is 57.2 Å². The third-order valence-electron chi connectivity index (χ3n) is 5.94. The number of sulfonamides is 1. The highest BCUT2D eigenvalue weighted by Gasteiger charge is 2.17. The summed E-state index contributed by atoms with van der Waals surface area (Å²) in [5.74, 6) is 0.342. The molecule has 9 heteroatoms. The molecule has 0 atom stereocenters. The second-order valence-electron chi connectivity index (χ2n) is 8.96. The van der Waals surface area contributed by atoms with Gasteiger partial charge in [0.25, 0.3) is 15.9 Å². The number of aryl methyl sites for hydroxylation is 3. The Bertz CT molecular complexity index is 1750. The molecule has 2 heterocycles. The third kappa shape index (κ3) is 5.37. The first-order chi connectivity index (χ1) is 18.2. The Balaban J connectivity index is 1.40. The van der Waals surface area contributed by atoms with Crippen LogP contribution < -0.4 is 10.0 Å². The van der Waals surface area contributed by atoms with E-state index < -0.39 is 10.0 Å². The number of anilines is 2. The van der Waals surface area contributed by atoms with Crippen molar-refractivity contribution in [2.45, 2.75) is 25.7 Å². The number of para-hydroxylation sites is 1. The van der Waals surface area contributed by atoms with E-state index in [1.165, 1.54) is 12.1 Å². The van der Waals surface area contributed by atoms with E-state index in [1.807, 2.05) is 55.5 Å². The van der Waals surface area contributed by atoms with Crippen LogP contribution in [0.3, 0.4) is 0 Å². The van der Waals surface area contributed by atoms with Crippen LogP contribution >= 0.6 is 0 Å². The Hall–Kier alpha value is -4.63. The van der Waals surface area contributed by atoms with Crippen LogP contribution in [-0.4, -0.2) is 29.3 Å². The average Bonchev–Trinajstić information content (AvgIpc) is 2.88. The summed E-state index contributed by atoms with van der Waals surface area (Å²) in [5, 5.41) is 3.60. The van der Waals surface area contributed by atoms with Crippen molar-refractivity contribution in [3.63, 3.8) is 0 Å². The molecule has 0 spiro atoms. The van der Waals surface area contributed by atoms with Crippen LogP contribution in [0.5, 0.6) is 0 Å². The number of pyridine rings is 1. The number of carbonyl (C=O) groups excluding carboxylic acids is 1. The van der Waals surface area contributed by atoms with Crippen LogP contribution in [0.1, 0.15) is 27.4 Å². The molecule has 5 aromatic rings. The molecule has 38 heavy (non-hydrogen) atoms. The van der Waals surface area contributed by atoms with Gasteiger partial charge in [-0.25, -0.2) is 23.4 Å². The maximum absolute atomic E-state index is 13.4. The van der Waals surface area contributed by atoms with Gasteiger partial charge < -0.3 is 5.32 Å². The molecule has 5 rings (SSSR count). The lowest BCUT2D eigenvalue weighted by Gasteiger charge is -2.12. The fourth-order valence-electron chi connectivity index (χ4n) is 4.12. The molecule has 8 nitrogen and oxygen atoms in total. The summed E-state index contributed by atoms with van der Waals surface area (Å²) in [6.45, 7) is 5.47. The van der Waals surface area contributed by atoms with Gasteiger partial charge in [-0.3, -0.25) is 9.52 Å². The highest BCUT2D eigenvalue weighted by Crippen LogP contribution is 2.26. The second-order valence-corrected chi connectivity index (χ2v) is 10.6. The maximum Gasteiger partial charge on any atom is 0.263 e. The van der Waals surface area contributed by atoms with Gasteiger partial charge in [-0.2, -0.15) is 0 Å². The van der Waals surface area contributed by atoms with Gasteiger partial charge in [-0.15, -0.1) is 0 Å². The number of nitrogens with zero attached hydrogens (tertiary/aromatic N) is 3. The van der Waals surface area contributed by atoms with Crippen LogP contribution in [0, 0.1) is 20.8 Å². The quantitative estimate of drug-likeness (QED) is 0.296. The van der Waals surface area contributed by atoms with Crippen LogP contribution in [0.25, 0.3) is 22.2 Å². The minimum Gasteiger partial charge on any atom is -0.322 e. The zero-order valence-corrected chi connectivity index (χ0v) is 21.9. The molecule has 0 aliphatic heterocycles. The van der Waals surface area contributed by atoms with Crippen molar-refractivity contribution in [1.82, 2.24) is 15.0 Å². The monoisotopic (exact) mass is 523 g/mol. The van der Waals surface area contributed by atoms with Gasteiger partial charge in [-0.1, -0.05) is 48.0 Å². The van der Waals surface area contributed by atoms with E-state index in [0.29, 0.717) is 34.0 Å². The van der Waals surface area contributed by atoms with Crippen LogP contribution in [0.15, 0.2) is 89.8 Å². The lowest BCUT2D eigenvalue weighted by Crippen LogP contribution is -2.15. The van der Waals surface area contributed by atoms with Gasteiger partial charge in [0.1, 0.15) is 11.6 Å². The first-order valence-electron chi connectivity index (χ1n) is 11.9. The summed E-state index contributed by atoms with van der Waals surface area (Å²) in [7, 11) is -3.87. The Morgan fingerprint density at radius 1 is 0.789 bits per heavy atom. The van der Waals surface area contributed by atoms with E-state index in [1.54, 1.807) is 38.1 Å². The number of hydrogen-bond acceptors (Lipinski definition) is 6. The number of fused-ring (bicyclic) bond motifs is 1. The standard InChI is InChI=1S/C29H25N5O3S/c1-18-8-10-21(11-9-18)27-17-25(24-6-4-5-7-26(24)33-27)29(35)32-22-12-14-23(15-13-22)38(36,37)34-28-16-19(2)30-20(3)31-28/h4-17H,1-3H3,(H,32,35)(H,30,31,34). The lowest BCUT2D eigenvalue weighted by molar-refractivity contribution is 0.102. The van der Waals surface area contributed by atoms with E-state index in [2.05, 4.69) is 20.0 Å². The van der Waals surface area contributed by atoms with E-state index >= 15 is 0 Å². The molecule has 0 bridgehead atoms. The highest BCUT2D eigenvalue weighted by atomic mass is 32.2. The molecule has 1 amide bonds. The van der Waals surface area contributed by atoms with Crippen LogP contribution in [0.4, 0.5) is 11.5 Å². The molecule has 0 fully saturated rings. The molecule has 0 aliphatic rings. The fourth-order valence-corrected chi connectivity index (χ4v) is 5.11. The number of aromatic nitrogens is 3. The topological polar surface area (TPSA) is 114 Å². The number of nitrogens with one attached hydrogen (secondary N) is 2. The molecular formula is C29H25N5O3S. The largest absolute Gasteiger partial charge is 0.322 e. The number of rotatable bonds is 6. The molecule has 2 aromatic heterocycles. The highest BCUT2D eigenvalue weighted by molar-refractivity contribution is 7.92. The molecule has 0 saturated heterocycles. The summed E-state index contributed by atoms with van der Waals surface area (Å²) < 4.78 is 28.2. The predicted octanol–water partition coefficient (Wildman–Crippen LogP) is 5.67. The summed E-state index contributed by atoms with van der Waals surface area (Å²) >= 11 is 0. The Morgan fingerprint density at radius 3 is 2.21 bits per heavy atom. The summed E-state index contributed by atoms with van der Waals surface area (Å²) in [4.78, 5) is 26.4. The van der Waals surface area contributed by atoms with E-state index in [-0.39, 0.29) is 16.6 Å². The second kappa shape index (κ2) is 10.0. The summed E-state index contributed by atoms with van der Waals surface area (Å²) in [5.41, 5.74) is 5.03. The van der Waals surface area contributed by atoms with Gasteiger partial charge in [0.2, 0.25) is 0 Å². The van der Waals surface area contributed by atoms with Crippen LogP contribution in [-0.2, 0) is 10.0 Å². The summed E-state index contributed by atoms with van der Waals surface area (Å²) in [6, 6.07) is 24.7. The fraction of sp³-hybridized carbons (Fsp3) is 0.103. The first kappa shape index (κ1) is 25.0. The maximum atomic E-state index is 13.4. The zero-order valence-electron chi connectivity index (χ0n) is 21.1. The van der Waals surface area contributed by atoms with Gasteiger partial charge in [0.05, 0.1) is 21.7 Å². The minimum atomic E-state index is -3.87. The van der Waals surface area contributed by atoms with Crippen molar-refractivity contribution >= 4 is 38.3 Å². The smallest absolute Gasteiger partial charge is 0.263 e. The van der Waals surface area contributed by atoms with E-state index in [0.717, 1.165) is 16.5 Å². The molecule has 2 N–H and O–H groups in total. The zero-order chi connectivity index (χ0) is 26.9. The van der Waals surface area contributed by atoms with Crippen molar-refractivity contribution in [3.8, 4) is 11.3 Å². The third-order valence-corrected chi connectivity index (χ3v) is 7.31. The Morgan fingerprint density at radius 2 is 1.50 bits per heavy atom. The normalized spacial score (nSPS) is 11.3. The molecule has 3 aromatic carbocycles. The average molecular weight is 524 g/mol. The molecule has 0 aliphatic carbocycles. The number of carbonyl (C=O) groups is 1. The van der Waals surface area contributed by atoms with Crippen molar-refractivity contribution in [2.24, 2.45) is 0 Å². The minimum absolute atomic E-state index is 0.0421. The molecule has 0 radical (unpaired) electrons. The molecule has 0 saturated carbocycles. The van der Waals surface area contributed by atoms with Crippen molar-refractivity contribution in [2.75, 3.05) is 10.0 Å². The lowest BCUT2D eigenvalue weighted by atomic mass is 10.0. The molecule has 0 unspecified atom stereocenters. The number of amides is 1. The summed E-state index contributed by atoms with van der Waals surface area (Å²) in [6.07, 6.45) is 0. The van der Waals surface area contributed by atoms with Crippen molar-refractivity contribution < 1.29 is 13.2 Å².